The van der Waals surface area contributed by atoms with Crippen LogP contribution < -0.4 is 16.0 Å². The number of carbonyl (C=O) groups excluding carboxylic acids is 3. The molecule has 0 bridgehead atoms. The molecule has 0 aromatic carbocycles. The van der Waals surface area contributed by atoms with Crippen LogP contribution in [0.4, 0.5) is 0 Å². The van der Waals surface area contributed by atoms with Crippen molar-refractivity contribution in [2.24, 2.45) is 28.0 Å². The van der Waals surface area contributed by atoms with Gasteiger partial charge in [0.1, 0.15) is 12.9 Å². The monoisotopic (exact) mass is 693 g/mol. The van der Waals surface area contributed by atoms with Crippen molar-refractivity contribution < 1.29 is 41.7 Å². The third-order valence-corrected chi connectivity index (χ3v) is 9.46. The van der Waals surface area contributed by atoms with Crippen molar-refractivity contribution in [1.29, 1.82) is 0 Å². The predicted octanol–water partition coefficient (Wildman–Crippen LogP) is 4.00. The Morgan fingerprint density at radius 2 is 1.38 bits per heavy atom. The summed E-state index contributed by atoms with van der Waals surface area (Å²) in [5.41, 5.74) is -3.10. The largest absolute Gasteiger partial charge is 0.379 e. The number of unbranched alkanes of at least 4 members (excludes halogenated alkanes) is 1. The Morgan fingerprint density at radius 3 is 1.98 bits per heavy atom. The molecule has 1 unspecified atom stereocenters. The lowest BCUT2D eigenvalue weighted by Gasteiger charge is -2.38. The Balaban J connectivity index is 4.11. The van der Waals surface area contributed by atoms with Crippen LogP contribution in [0.1, 0.15) is 108 Å². The normalized spacial score (nSPS) is 14.3. The highest BCUT2D eigenvalue weighted by molar-refractivity contribution is 7.89. The van der Waals surface area contributed by atoms with Gasteiger partial charge in [-0.2, -0.15) is 4.83 Å². The van der Waals surface area contributed by atoms with Crippen LogP contribution in [0.5, 0.6) is 0 Å². The number of hydrogen-bond donors (Lipinski definition) is 3. The molecule has 0 saturated carbocycles. The number of ketones is 2. The minimum atomic E-state index is -3.62. The van der Waals surface area contributed by atoms with E-state index in [2.05, 4.69) is 5.32 Å². The summed E-state index contributed by atoms with van der Waals surface area (Å²) in [6.45, 7) is 23.6. The van der Waals surface area contributed by atoms with Crippen molar-refractivity contribution in [3.05, 3.63) is 0 Å². The highest BCUT2D eigenvalue weighted by Gasteiger charge is 2.43. The standard InChI is InChI=1S/C34H67N3O9S/c1-27(14-12-13-16-43-20-21-46-33(8,9)24-30(2,3)25-38)28(39)22-45-19-18-44-17-15-36-34(10,11)29(40)32(6,7)23-31(4,5)26-47(41,42)37-35/h25,27,36-37H,12-24,26,35H2,1-11H3. The summed E-state index contributed by atoms with van der Waals surface area (Å²) >= 11 is 0. The Kier molecular flexibility index (Phi) is 19.8. The summed E-state index contributed by atoms with van der Waals surface area (Å²) in [6.07, 6.45) is 4.47. The Bertz CT molecular complexity index is 1060. The van der Waals surface area contributed by atoms with Crippen molar-refractivity contribution in [2.45, 2.75) is 119 Å². The van der Waals surface area contributed by atoms with Gasteiger partial charge in [0, 0.05) is 29.9 Å². The van der Waals surface area contributed by atoms with Crippen LogP contribution in [-0.2, 0) is 43.4 Å². The molecule has 0 amide bonds. The maximum absolute atomic E-state index is 13.4. The third kappa shape index (κ3) is 20.7. The van der Waals surface area contributed by atoms with Gasteiger partial charge in [-0.3, -0.25) is 15.4 Å². The number of Topliss-reactive ketones (excluding diaryl/α,β-unsaturated/α-hetero) is 2. The van der Waals surface area contributed by atoms with Gasteiger partial charge in [-0.05, 0) is 58.8 Å². The van der Waals surface area contributed by atoms with Crippen LogP contribution in [0.3, 0.4) is 0 Å². The van der Waals surface area contributed by atoms with Gasteiger partial charge in [0.25, 0.3) is 0 Å². The summed E-state index contributed by atoms with van der Waals surface area (Å²) in [5.74, 6) is 4.89. The Labute approximate surface area is 285 Å². The van der Waals surface area contributed by atoms with Crippen LogP contribution in [0.25, 0.3) is 0 Å². The second kappa shape index (κ2) is 20.4. The molecule has 0 radical (unpaired) electrons. The van der Waals surface area contributed by atoms with Gasteiger partial charge in [0.15, 0.2) is 11.6 Å². The van der Waals surface area contributed by atoms with E-state index in [1.54, 1.807) is 13.8 Å². The highest BCUT2D eigenvalue weighted by atomic mass is 32.2. The molecule has 0 spiro atoms. The van der Waals surface area contributed by atoms with E-state index in [1.165, 1.54) is 0 Å². The number of rotatable bonds is 29. The topological polar surface area (TPSA) is 172 Å². The van der Waals surface area contributed by atoms with E-state index < -0.39 is 37.4 Å². The number of hydrazine groups is 1. The summed E-state index contributed by atoms with van der Waals surface area (Å²) in [6, 6.07) is 0. The molecule has 13 heteroatoms. The highest BCUT2D eigenvalue weighted by Crippen LogP contribution is 2.37. The molecule has 0 heterocycles. The molecule has 0 fully saturated rings. The number of carbonyl (C=O) groups is 3. The van der Waals surface area contributed by atoms with Crippen LogP contribution in [0.15, 0.2) is 0 Å². The molecule has 1 atom stereocenters. The number of ether oxygens (including phenoxy) is 4. The fraction of sp³-hybridized carbons (Fsp3) is 0.912. The molecule has 0 aromatic rings. The first kappa shape index (κ1) is 45.7. The average molecular weight is 694 g/mol. The van der Waals surface area contributed by atoms with Crippen LogP contribution in [0, 0.1) is 22.2 Å². The van der Waals surface area contributed by atoms with Crippen molar-refractivity contribution in [3.63, 3.8) is 0 Å². The number of aldehydes is 1. The maximum Gasteiger partial charge on any atom is 0.224 e. The van der Waals surface area contributed by atoms with Gasteiger partial charge in [-0.15, -0.1) is 0 Å². The molecule has 0 rings (SSSR count). The zero-order chi connectivity index (χ0) is 36.6. The minimum Gasteiger partial charge on any atom is -0.379 e. The van der Waals surface area contributed by atoms with E-state index in [4.69, 9.17) is 24.8 Å². The zero-order valence-corrected chi connectivity index (χ0v) is 32.0. The molecule has 12 nitrogen and oxygen atoms in total. The number of sulfonamides is 1. The van der Waals surface area contributed by atoms with Crippen LogP contribution in [-0.4, -0.2) is 96.0 Å². The van der Waals surface area contributed by atoms with Crippen molar-refractivity contribution >= 4 is 27.9 Å². The molecule has 0 aliphatic carbocycles. The van der Waals surface area contributed by atoms with E-state index in [0.717, 1.165) is 25.5 Å². The molecule has 0 aliphatic heterocycles. The Hall–Kier alpha value is -1.32. The third-order valence-electron chi connectivity index (χ3n) is 7.94. The zero-order valence-electron chi connectivity index (χ0n) is 31.2. The van der Waals surface area contributed by atoms with Gasteiger partial charge >= 0.3 is 0 Å². The van der Waals surface area contributed by atoms with Gasteiger partial charge in [0.05, 0.1) is 49.9 Å². The molecule has 0 aliphatic rings. The van der Waals surface area contributed by atoms with Gasteiger partial charge in [0.2, 0.25) is 10.0 Å². The van der Waals surface area contributed by atoms with E-state index in [1.807, 2.05) is 67.1 Å². The first-order chi connectivity index (χ1) is 21.4. The van der Waals surface area contributed by atoms with Crippen LogP contribution in [0.2, 0.25) is 0 Å². The lowest BCUT2D eigenvalue weighted by atomic mass is 9.69. The van der Waals surface area contributed by atoms with Crippen LogP contribution >= 0.6 is 0 Å². The number of nitrogens with two attached hydrogens (primary N) is 1. The molecule has 4 N–H and O–H groups in total. The second-order valence-corrected chi connectivity index (χ2v) is 17.8. The quantitative estimate of drug-likeness (QED) is 0.0448. The summed E-state index contributed by atoms with van der Waals surface area (Å²) in [4.78, 5) is 38.8. The van der Waals surface area contributed by atoms with E-state index in [9.17, 15) is 22.8 Å². The fourth-order valence-corrected chi connectivity index (χ4v) is 7.48. The summed E-state index contributed by atoms with van der Waals surface area (Å²) < 4.78 is 46.6. The van der Waals surface area contributed by atoms with Crippen molar-refractivity contribution in [1.82, 2.24) is 10.1 Å². The predicted molar refractivity (Wildman–Crippen MR) is 185 cm³/mol. The molecule has 278 valence electrons. The Morgan fingerprint density at radius 1 is 0.809 bits per heavy atom. The average Bonchev–Trinajstić information content (AvgIpc) is 2.93. The molecular formula is C34H67N3O9S. The van der Waals surface area contributed by atoms with E-state index in [-0.39, 0.29) is 29.8 Å². The SMILES string of the molecule is CC(CCCCOCCOC(C)(C)CC(C)(C)C=O)C(=O)COCCOCCNC(C)(C)C(=O)C(C)(C)CC(C)(C)CS(=O)(=O)NN. The van der Waals surface area contributed by atoms with E-state index in [0.29, 0.717) is 59.0 Å². The first-order valence-electron chi connectivity index (χ1n) is 16.8. The minimum absolute atomic E-state index is 0.0266. The lowest BCUT2D eigenvalue weighted by Crippen LogP contribution is -2.54. The van der Waals surface area contributed by atoms with E-state index >= 15 is 0 Å². The van der Waals surface area contributed by atoms with Crippen molar-refractivity contribution in [3.8, 4) is 0 Å². The van der Waals surface area contributed by atoms with Crippen molar-refractivity contribution in [2.75, 3.05) is 58.5 Å². The maximum atomic E-state index is 13.4. The van der Waals surface area contributed by atoms with Gasteiger partial charge < -0.3 is 29.1 Å². The molecular weight excluding hydrogens is 626 g/mol. The smallest absolute Gasteiger partial charge is 0.224 e. The number of nitrogens with one attached hydrogen (secondary N) is 2. The lowest BCUT2D eigenvalue weighted by molar-refractivity contribution is -0.134. The number of hydrogen-bond acceptors (Lipinski definition) is 11. The molecule has 0 saturated heterocycles. The molecule has 47 heavy (non-hydrogen) atoms. The fourth-order valence-electron chi connectivity index (χ4n) is 6.27. The van der Waals surface area contributed by atoms with Gasteiger partial charge in [-0.25, -0.2) is 8.42 Å². The first-order valence-corrected chi connectivity index (χ1v) is 18.4. The second-order valence-electron chi connectivity index (χ2n) is 16.0. The molecule has 0 aromatic heterocycles. The summed E-state index contributed by atoms with van der Waals surface area (Å²) in [7, 11) is -3.62. The van der Waals surface area contributed by atoms with Gasteiger partial charge in [-0.1, -0.05) is 54.9 Å². The summed E-state index contributed by atoms with van der Waals surface area (Å²) in [5, 5.41) is 3.24.